The van der Waals surface area contributed by atoms with Crippen molar-refractivity contribution in [1.29, 1.82) is 0 Å². The Balaban J connectivity index is 1.67. The first kappa shape index (κ1) is 13.9. The number of hydrogen-bond donors (Lipinski definition) is 1. The van der Waals surface area contributed by atoms with Crippen LogP contribution >= 0.6 is 0 Å². The third-order valence-electron chi connectivity index (χ3n) is 5.28. The van der Waals surface area contributed by atoms with Crippen molar-refractivity contribution in [1.82, 2.24) is 0 Å². The van der Waals surface area contributed by atoms with E-state index >= 15 is 0 Å². The van der Waals surface area contributed by atoms with Crippen molar-refractivity contribution in [2.75, 3.05) is 13.2 Å². The molecule has 0 bridgehead atoms. The highest BCUT2D eigenvalue weighted by Gasteiger charge is 2.56. The van der Waals surface area contributed by atoms with Crippen LogP contribution in [0.5, 0.6) is 5.75 Å². The zero-order valence-corrected chi connectivity index (χ0v) is 12.8. The number of hydrogen-bond acceptors (Lipinski definition) is 2. The molecule has 2 N–H and O–H groups in total. The van der Waals surface area contributed by atoms with Crippen LogP contribution in [0.3, 0.4) is 0 Å². The molecular weight excluding hydrogens is 246 g/mol. The van der Waals surface area contributed by atoms with Crippen molar-refractivity contribution in [2.24, 2.45) is 17.1 Å². The van der Waals surface area contributed by atoms with Crippen molar-refractivity contribution in [3.8, 4) is 5.75 Å². The fourth-order valence-electron chi connectivity index (χ4n) is 4.05. The van der Waals surface area contributed by atoms with Crippen LogP contribution in [0, 0.1) is 11.3 Å². The average Bonchev–Trinajstić information content (AvgIpc) is 2.35. The minimum absolute atomic E-state index is 0.247. The largest absolute Gasteiger partial charge is 0.493 e. The van der Waals surface area contributed by atoms with E-state index in [4.69, 9.17) is 10.5 Å². The molecule has 1 spiro atoms. The van der Waals surface area contributed by atoms with Gasteiger partial charge in [0.1, 0.15) is 5.75 Å². The van der Waals surface area contributed by atoms with Gasteiger partial charge in [-0.2, -0.15) is 0 Å². The number of benzene rings is 1. The molecule has 2 aliphatic rings. The van der Waals surface area contributed by atoms with Crippen LogP contribution in [-0.2, 0) is 5.41 Å². The number of ether oxygens (including phenoxy) is 1. The Kier molecular flexibility index (Phi) is 3.53. The van der Waals surface area contributed by atoms with Gasteiger partial charge in [0.2, 0.25) is 0 Å². The fourth-order valence-corrected chi connectivity index (χ4v) is 4.05. The molecule has 20 heavy (non-hydrogen) atoms. The van der Waals surface area contributed by atoms with Crippen molar-refractivity contribution >= 4 is 0 Å². The third-order valence-corrected chi connectivity index (χ3v) is 5.28. The Labute approximate surface area is 122 Å². The van der Waals surface area contributed by atoms with Crippen molar-refractivity contribution in [2.45, 2.75) is 51.4 Å². The summed E-state index contributed by atoms with van der Waals surface area (Å²) < 4.78 is 5.76. The topological polar surface area (TPSA) is 35.2 Å². The Morgan fingerprint density at radius 2 is 1.80 bits per heavy atom. The molecule has 1 aromatic rings. The van der Waals surface area contributed by atoms with Gasteiger partial charge in [0.05, 0.1) is 6.61 Å². The van der Waals surface area contributed by atoms with E-state index < -0.39 is 0 Å². The summed E-state index contributed by atoms with van der Waals surface area (Å²) in [7, 11) is 0. The minimum atomic E-state index is 0.247. The molecule has 2 fully saturated rings. The van der Waals surface area contributed by atoms with Gasteiger partial charge in [0.25, 0.3) is 0 Å². The maximum absolute atomic E-state index is 6.11. The monoisotopic (exact) mass is 273 g/mol. The summed E-state index contributed by atoms with van der Waals surface area (Å²) in [6.07, 6.45) is 6.85. The van der Waals surface area contributed by atoms with Gasteiger partial charge < -0.3 is 10.5 Å². The lowest BCUT2D eigenvalue weighted by molar-refractivity contribution is -0.0446. The zero-order valence-electron chi connectivity index (χ0n) is 12.8. The molecule has 0 radical (unpaired) electrons. The third kappa shape index (κ3) is 2.35. The van der Waals surface area contributed by atoms with Crippen LogP contribution in [0.1, 0.15) is 51.5 Å². The van der Waals surface area contributed by atoms with Crippen molar-refractivity contribution < 1.29 is 4.74 Å². The average molecular weight is 273 g/mol. The zero-order chi connectivity index (χ0) is 14.2. The molecule has 0 aromatic heterocycles. The normalized spacial score (nSPS) is 22.4. The van der Waals surface area contributed by atoms with Crippen molar-refractivity contribution in [3.05, 3.63) is 29.8 Å². The lowest BCUT2D eigenvalue weighted by Gasteiger charge is -2.61. The van der Waals surface area contributed by atoms with Crippen molar-refractivity contribution in [3.63, 3.8) is 0 Å². The maximum atomic E-state index is 6.11. The van der Waals surface area contributed by atoms with Gasteiger partial charge in [0.15, 0.2) is 0 Å². The van der Waals surface area contributed by atoms with E-state index in [0.29, 0.717) is 11.3 Å². The first-order chi connectivity index (χ1) is 9.57. The Hall–Kier alpha value is -1.02. The van der Waals surface area contributed by atoms with E-state index in [9.17, 15) is 0 Å². The van der Waals surface area contributed by atoms with Crippen LogP contribution in [0.2, 0.25) is 0 Å². The summed E-state index contributed by atoms with van der Waals surface area (Å²) in [5, 5.41) is 0. The quantitative estimate of drug-likeness (QED) is 0.883. The summed E-state index contributed by atoms with van der Waals surface area (Å²) in [5.41, 5.74) is 8.42. The first-order valence-electron chi connectivity index (χ1n) is 8.01. The van der Waals surface area contributed by atoms with E-state index in [1.165, 1.54) is 37.7 Å². The molecule has 0 heterocycles. The van der Waals surface area contributed by atoms with Gasteiger partial charge >= 0.3 is 0 Å². The van der Waals surface area contributed by atoms with E-state index in [2.05, 4.69) is 38.1 Å². The molecule has 2 heteroatoms. The lowest BCUT2D eigenvalue weighted by Crippen LogP contribution is -2.56. The molecule has 0 amide bonds. The molecule has 3 rings (SSSR count). The second-order valence-corrected chi connectivity index (χ2v) is 7.42. The van der Waals surface area contributed by atoms with Gasteiger partial charge in [-0.3, -0.25) is 0 Å². The van der Waals surface area contributed by atoms with Crippen LogP contribution in [-0.4, -0.2) is 13.2 Å². The highest BCUT2D eigenvalue weighted by Crippen LogP contribution is 2.64. The molecule has 2 nitrogen and oxygen atoms in total. The molecule has 0 aliphatic heterocycles. The van der Waals surface area contributed by atoms with Crippen LogP contribution in [0.4, 0.5) is 0 Å². The highest BCUT2D eigenvalue weighted by molar-refractivity contribution is 5.36. The Morgan fingerprint density at radius 1 is 1.15 bits per heavy atom. The fraction of sp³-hybridized carbons (Fsp3) is 0.667. The molecule has 2 aliphatic carbocycles. The van der Waals surface area contributed by atoms with E-state index in [-0.39, 0.29) is 5.41 Å². The van der Waals surface area contributed by atoms with E-state index in [0.717, 1.165) is 18.9 Å². The number of rotatable bonds is 5. The Morgan fingerprint density at radius 3 is 2.25 bits per heavy atom. The minimum Gasteiger partial charge on any atom is -0.493 e. The lowest BCUT2D eigenvalue weighted by atomic mass is 9.44. The summed E-state index contributed by atoms with van der Waals surface area (Å²) in [6, 6.07) is 8.68. The second kappa shape index (κ2) is 5.07. The summed E-state index contributed by atoms with van der Waals surface area (Å²) >= 11 is 0. The molecular formula is C18H27NO. The number of nitrogens with two attached hydrogens (primary N) is 1. The first-order valence-corrected chi connectivity index (χ1v) is 8.01. The van der Waals surface area contributed by atoms with Crippen LogP contribution < -0.4 is 10.5 Å². The molecule has 0 atom stereocenters. The summed E-state index contributed by atoms with van der Waals surface area (Å²) in [4.78, 5) is 0. The van der Waals surface area contributed by atoms with Gasteiger partial charge in [-0.15, -0.1) is 0 Å². The molecule has 0 saturated heterocycles. The molecule has 110 valence electrons. The molecule has 1 aromatic carbocycles. The van der Waals surface area contributed by atoms with Crippen LogP contribution in [0.15, 0.2) is 24.3 Å². The standard InChI is InChI=1S/C18H27NO/c1-14(2)10-20-16-6-4-15(5-7-16)18(13-19)11-17(12-18)8-3-9-17/h4-7,14H,3,8-13,19H2,1-2H3. The summed E-state index contributed by atoms with van der Waals surface area (Å²) in [5.74, 6) is 1.54. The second-order valence-electron chi connectivity index (χ2n) is 7.42. The predicted octanol–water partition coefficient (Wildman–Crippen LogP) is 3.88. The van der Waals surface area contributed by atoms with Gasteiger partial charge in [-0.1, -0.05) is 32.4 Å². The Bertz CT molecular complexity index is 451. The van der Waals surface area contributed by atoms with E-state index in [1.54, 1.807) is 0 Å². The predicted molar refractivity (Wildman–Crippen MR) is 83.0 cm³/mol. The van der Waals surface area contributed by atoms with E-state index in [1.807, 2.05) is 0 Å². The maximum Gasteiger partial charge on any atom is 0.119 e. The SMILES string of the molecule is CC(C)COc1ccc(C2(CN)CC3(CCC3)C2)cc1. The van der Waals surface area contributed by atoms with Gasteiger partial charge in [-0.25, -0.2) is 0 Å². The van der Waals surface area contributed by atoms with Gasteiger partial charge in [-0.05, 0) is 54.7 Å². The van der Waals surface area contributed by atoms with Gasteiger partial charge in [0, 0.05) is 12.0 Å². The highest BCUT2D eigenvalue weighted by atomic mass is 16.5. The smallest absolute Gasteiger partial charge is 0.119 e. The molecule has 2 saturated carbocycles. The summed E-state index contributed by atoms with van der Waals surface area (Å²) in [6.45, 7) is 5.90. The van der Waals surface area contributed by atoms with Crippen LogP contribution in [0.25, 0.3) is 0 Å². The molecule has 0 unspecified atom stereocenters.